The number of aliphatic hydroxyl groups excluding tert-OH is 2. The van der Waals surface area contributed by atoms with Crippen molar-refractivity contribution in [1.82, 2.24) is 0 Å². The van der Waals surface area contributed by atoms with E-state index in [4.69, 9.17) is 44.3 Å². The first-order chi connectivity index (χ1) is 14.3. The van der Waals surface area contributed by atoms with Crippen molar-refractivity contribution in [3.63, 3.8) is 0 Å². The van der Waals surface area contributed by atoms with Gasteiger partial charge in [0.05, 0.1) is 27.8 Å². The predicted molar refractivity (Wildman–Crippen MR) is 124 cm³/mol. The molecular formula is C20H23Cl3O5S2. The molecule has 0 bridgehead atoms. The highest BCUT2D eigenvalue weighted by Crippen LogP contribution is 2.39. The summed E-state index contributed by atoms with van der Waals surface area (Å²) < 4.78 is 22.5. The fourth-order valence-corrected chi connectivity index (χ4v) is 4.74. The Hall–Kier alpha value is -0.670. The number of halogens is 3. The maximum Gasteiger partial charge on any atom is 0.156 e. The number of hydrogen-bond acceptors (Lipinski definition) is 6. The summed E-state index contributed by atoms with van der Waals surface area (Å²) >= 11 is 19.6. The average Bonchev–Trinajstić information content (AvgIpc) is 2.72. The molecule has 0 amide bonds. The minimum atomic E-state index is -1.08. The summed E-state index contributed by atoms with van der Waals surface area (Å²) in [4.78, 5) is 1.76. The molecule has 3 atom stereocenters. The number of aliphatic hydroxyl groups is 2. The number of ether oxygens (including phenoxy) is 2. The van der Waals surface area contributed by atoms with Crippen molar-refractivity contribution < 1.29 is 23.9 Å². The number of benzene rings is 2. The Morgan fingerprint density at radius 3 is 2.17 bits per heavy atom. The van der Waals surface area contributed by atoms with E-state index >= 15 is 0 Å². The minimum Gasteiger partial charge on any atom is -0.491 e. The second-order valence-electron chi connectivity index (χ2n) is 6.27. The number of rotatable bonds is 12. The van der Waals surface area contributed by atoms with Crippen LogP contribution in [-0.4, -0.2) is 57.2 Å². The van der Waals surface area contributed by atoms with Crippen LogP contribution in [0, 0.1) is 0 Å². The molecule has 2 aromatic rings. The lowest BCUT2D eigenvalue weighted by Gasteiger charge is -2.15. The van der Waals surface area contributed by atoms with Crippen LogP contribution in [-0.2, 0) is 10.8 Å². The minimum absolute atomic E-state index is 0.0441. The molecule has 5 nitrogen and oxygen atoms in total. The zero-order valence-electron chi connectivity index (χ0n) is 16.2. The van der Waals surface area contributed by atoms with E-state index < -0.39 is 23.0 Å². The summed E-state index contributed by atoms with van der Waals surface area (Å²) in [5, 5.41) is 20.0. The highest BCUT2D eigenvalue weighted by atomic mass is 35.5. The van der Waals surface area contributed by atoms with Crippen LogP contribution in [0.15, 0.2) is 46.2 Å². The highest BCUT2D eigenvalue weighted by Gasteiger charge is 2.15. The monoisotopic (exact) mass is 512 g/mol. The maximum absolute atomic E-state index is 11.5. The Labute approximate surface area is 198 Å². The Kier molecular flexibility index (Phi) is 11.1. The van der Waals surface area contributed by atoms with Gasteiger partial charge in [0.2, 0.25) is 0 Å². The normalized spacial score (nSPS) is 14.2. The van der Waals surface area contributed by atoms with E-state index in [0.717, 1.165) is 9.79 Å². The predicted octanol–water partition coefficient (Wildman–Crippen LogP) is 4.63. The molecule has 0 fully saturated rings. The van der Waals surface area contributed by atoms with Gasteiger partial charge in [0.15, 0.2) is 5.75 Å². The molecule has 0 heterocycles. The van der Waals surface area contributed by atoms with E-state index in [2.05, 4.69) is 0 Å². The quantitative estimate of drug-likeness (QED) is 0.403. The van der Waals surface area contributed by atoms with E-state index in [9.17, 15) is 14.4 Å². The van der Waals surface area contributed by atoms with Crippen LogP contribution in [0.3, 0.4) is 0 Å². The Morgan fingerprint density at radius 1 is 1.00 bits per heavy atom. The van der Waals surface area contributed by atoms with Gasteiger partial charge in [-0.05, 0) is 36.4 Å². The summed E-state index contributed by atoms with van der Waals surface area (Å²) in [5.74, 6) is 1.65. The van der Waals surface area contributed by atoms with Crippen LogP contribution >= 0.6 is 46.6 Å². The van der Waals surface area contributed by atoms with Gasteiger partial charge in [-0.1, -0.05) is 41.9 Å². The van der Waals surface area contributed by atoms with Gasteiger partial charge in [0.1, 0.15) is 25.1 Å². The lowest BCUT2D eigenvalue weighted by Crippen LogP contribution is -2.25. The second kappa shape index (κ2) is 13.0. The number of alkyl halides is 1. The van der Waals surface area contributed by atoms with Crippen LogP contribution < -0.4 is 9.47 Å². The van der Waals surface area contributed by atoms with Crippen LogP contribution in [0.1, 0.15) is 6.92 Å². The summed E-state index contributed by atoms with van der Waals surface area (Å²) in [5.41, 5.74) is 0. The first-order valence-electron chi connectivity index (χ1n) is 9.12. The standard InChI is InChI=1S/C20H23Cl3O5S2/c1-2-30(26)12-14(25)11-28-20-18(22)7-17(8-19(20)23)29-16-5-3-15(4-6-16)27-10-13(24)9-21/h3-8,13-14,24-25H,2,9-12H2,1H3. The van der Waals surface area contributed by atoms with E-state index in [1.54, 1.807) is 31.2 Å². The van der Waals surface area contributed by atoms with Crippen molar-refractivity contribution in [3.8, 4) is 11.5 Å². The largest absolute Gasteiger partial charge is 0.491 e. The third-order valence-electron chi connectivity index (χ3n) is 3.77. The molecule has 0 radical (unpaired) electrons. The van der Waals surface area contributed by atoms with Gasteiger partial charge >= 0.3 is 0 Å². The van der Waals surface area contributed by atoms with Crippen LogP contribution in [0.2, 0.25) is 10.0 Å². The van der Waals surface area contributed by atoms with E-state index in [-0.39, 0.29) is 30.6 Å². The van der Waals surface area contributed by atoms with Gasteiger partial charge < -0.3 is 19.7 Å². The van der Waals surface area contributed by atoms with Crippen molar-refractivity contribution in [2.45, 2.75) is 28.9 Å². The molecule has 166 valence electrons. The van der Waals surface area contributed by atoms with Crippen molar-refractivity contribution in [1.29, 1.82) is 0 Å². The average molecular weight is 514 g/mol. The fraction of sp³-hybridized carbons (Fsp3) is 0.400. The van der Waals surface area contributed by atoms with E-state index in [1.807, 2.05) is 12.1 Å². The Balaban J connectivity index is 1.97. The number of hydrogen-bond donors (Lipinski definition) is 2. The molecule has 0 aliphatic heterocycles. The third kappa shape index (κ3) is 8.46. The first kappa shape index (κ1) is 25.6. The third-order valence-corrected chi connectivity index (χ3v) is 7.07. The van der Waals surface area contributed by atoms with Gasteiger partial charge in [0.25, 0.3) is 0 Å². The summed E-state index contributed by atoms with van der Waals surface area (Å²) in [6.07, 6.45) is -1.57. The summed E-state index contributed by atoms with van der Waals surface area (Å²) in [7, 11) is -1.08. The van der Waals surface area contributed by atoms with Gasteiger partial charge in [-0.25, -0.2) is 0 Å². The summed E-state index contributed by atoms with van der Waals surface area (Å²) in [6, 6.07) is 10.8. The van der Waals surface area contributed by atoms with Crippen LogP contribution in [0.4, 0.5) is 0 Å². The molecule has 30 heavy (non-hydrogen) atoms. The SMILES string of the molecule is CCS(=O)CC(O)COc1c(Cl)cc(Sc2ccc(OCC(O)CCl)cc2)cc1Cl. The van der Waals surface area contributed by atoms with Gasteiger partial charge in [0, 0.05) is 26.3 Å². The highest BCUT2D eigenvalue weighted by molar-refractivity contribution is 7.99. The molecule has 0 spiro atoms. The Morgan fingerprint density at radius 2 is 1.60 bits per heavy atom. The first-order valence-corrected chi connectivity index (χ1v) is 12.7. The lowest BCUT2D eigenvalue weighted by molar-refractivity contribution is 0.125. The van der Waals surface area contributed by atoms with Gasteiger partial charge in [-0.3, -0.25) is 4.21 Å². The van der Waals surface area contributed by atoms with Crippen LogP contribution in [0.25, 0.3) is 0 Å². The van der Waals surface area contributed by atoms with Crippen molar-refractivity contribution in [2.24, 2.45) is 0 Å². The Bertz CT molecular complexity index is 813. The lowest BCUT2D eigenvalue weighted by atomic mass is 10.3. The van der Waals surface area contributed by atoms with Crippen molar-refractivity contribution >= 4 is 57.4 Å². The molecule has 0 aliphatic carbocycles. The van der Waals surface area contributed by atoms with Crippen molar-refractivity contribution in [2.75, 3.05) is 30.6 Å². The molecule has 0 aliphatic rings. The van der Waals surface area contributed by atoms with E-state index in [1.165, 1.54) is 11.8 Å². The molecule has 3 unspecified atom stereocenters. The topological polar surface area (TPSA) is 76.0 Å². The molecule has 2 aromatic carbocycles. The molecule has 0 aromatic heterocycles. The van der Waals surface area contributed by atoms with Gasteiger partial charge in [-0.2, -0.15) is 0 Å². The summed E-state index contributed by atoms with van der Waals surface area (Å²) in [6.45, 7) is 1.88. The van der Waals surface area contributed by atoms with Crippen LogP contribution in [0.5, 0.6) is 11.5 Å². The van der Waals surface area contributed by atoms with E-state index in [0.29, 0.717) is 21.5 Å². The zero-order chi connectivity index (χ0) is 22.1. The van der Waals surface area contributed by atoms with Crippen molar-refractivity contribution in [3.05, 3.63) is 46.4 Å². The zero-order valence-corrected chi connectivity index (χ0v) is 20.1. The molecule has 2 N–H and O–H groups in total. The maximum atomic E-state index is 11.5. The molecule has 2 rings (SSSR count). The smallest absolute Gasteiger partial charge is 0.156 e. The molecule has 0 saturated carbocycles. The van der Waals surface area contributed by atoms with Gasteiger partial charge in [-0.15, -0.1) is 11.6 Å². The molecular weight excluding hydrogens is 491 g/mol. The second-order valence-corrected chi connectivity index (χ2v) is 10.3. The fourth-order valence-electron chi connectivity index (χ4n) is 2.27. The molecule has 0 saturated heterocycles. The molecule has 10 heteroatoms.